The summed E-state index contributed by atoms with van der Waals surface area (Å²) in [7, 11) is -1.59. The summed E-state index contributed by atoms with van der Waals surface area (Å²) in [5.74, 6) is 5.79. The van der Waals surface area contributed by atoms with Crippen LogP contribution < -0.4 is 16.0 Å². The minimum absolute atomic E-state index is 0.0449. The van der Waals surface area contributed by atoms with Crippen molar-refractivity contribution in [3.8, 4) is 0 Å². The highest BCUT2D eigenvalue weighted by molar-refractivity contribution is 9.10. The second-order valence-electron chi connectivity index (χ2n) is 5.27. The first-order chi connectivity index (χ1) is 9.92. The molecule has 1 fully saturated rings. The van der Waals surface area contributed by atoms with Crippen LogP contribution in [0, 0.1) is 5.92 Å². The Kier molecular flexibility index (Phi) is 5.55. The molecule has 1 atom stereocenters. The number of hydrogen-bond acceptors (Lipinski definition) is 6. The van der Waals surface area contributed by atoms with E-state index in [0.29, 0.717) is 16.9 Å². The van der Waals surface area contributed by atoms with E-state index in [1.54, 1.807) is 0 Å². The lowest BCUT2D eigenvalue weighted by molar-refractivity contribution is 0.211. The topological polar surface area (TPSA) is 100 Å². The smallest absolute Gasteiger partial charge is 0.244 e. The molecule has 1 aliphatic rings. The fourth-order valence-corrected chi connectivity index (χ4v) is 4.22. The van der Waals surface area contributed by atoms with E-state index < -0.39 is 10.0 Å². The van der Waals surface area contributed by atoms with Gasteiger partial charge in [-0.1, -0.05) is 0 Å². The third kappa shape index (κ3) is 4.36. The Morgan fingerprint density at radius 2 is 2.33 bits per heavy atom. The molecule has 0 radical (unpaired) electrons. The van der Waals surface area contributed by atoms with Gasteiger partial charge >= 0.3 is 0 Å². The number of halogens is 1. The van der Waals surface area contributed by atoms with Crippen LogP contribution in [0.25, 0.3) is 0 Å². The minimum Gasteiger partial charge on any atom is -0.307 e. The second kappa shape index (κ2) is 7.01. The third-order valence-electron chi connectivity index (χ3n) is 3.53. The summed E-state index contributed by atoms with van der Waals surface area (Å²) >= 11 is 3.22. The SMILES string of the molecule is CN1CCCC(CNS(=O)(=O)c2cc(Br)cnc2NN)C1. The summed E-state index contributed by atoms with van der Waals surface area (Å²) in [6.07, 6.45) is 3.62. The van der Waals surface area contributed by atoms with Crippen LogP contribution in [0.1, 0.15) is 12.8 Å². The zero-order valence-electron chi connectivity index (χ0n) is 11.8. The lowest BCUT2D eigenvalue weighted by Crippen LogP contribution is -2.39. The number of piperidine rings is 1. The van der Waals surface area contributed by atoms with Gasteiger partial charge in [-0.25, -0.2) is 24.0 Å². The molecule has 0 amide bonds. The maximum Gasteiger partial charge on any atom is 0.244 e. The number of hydrogen-bond donors (Lipinski definition) is 3. The molecule has 118 valence electrons. The highest BCUT2D eigenvalue weighted by atomic mass is 79.9. The Morgan fingerprint density at radius 1 is 1.57 bits per heavy atom. The number of aromatic nitrogens is 1. The summed E-state index contributed by atoms with van der Waals surface area (Å²) in [4.78, 5) is 6.22. The van der Waals surface area contributed by atoms with Crippen LogP contribution in [-0.4, -0.2) is 45.0 Å². The van der Waals surface area contributed by atoms with E-state index in [2.05, 4.69) is 43.0 Å². The molecule has 1 aliphatic heterocycles. The molecule has 0 saturated carbocycles. The molecular weight excluding hydrogens is 358 g/mol. The van der Waals surface area contributed by atoms with Crippen LogP contribution in [0.4, 0.5) is 5.82 Å². The van der Waals surface area contributed by atoms with Gasteiger partial charge in [0, 0.05) is 23.8 Å². The number of pyridine rings is 1. The molecule has 1 unspecified atom stereocenters. The van der Waals surface area contributed by atoms with Crippen molar-refractivity contribution in [1.82, 2.24) is 14.6 Å². The highest BCUT2D eigenvalue weighted by Crippen LogP contribution is 2.22. The molecule has 7 nitrogen and oxygen atoms in total. The number of rotatable bonds is 5. The van der Waals surface area contributed by atoms with Gasteiger partial charge in [0.05, 0.1) is 0 Å². The van der Waals surface area contributed by atoms with Gasteiger partial charge in [0.2, 0.25) is 10.0 Å². The van der Waals surface area contributed by atoms with Crippen molar-refractivity contribution in [2.24, 2.45) is 11.8 Å². The second-order valence-corrected chi connectivity index (χ2v) is 7.92. The number of nitrogens with two attached hydrogens (primary N) is 1. The zero-order valence-corrected chi connectivity index (χ0v) is 14.2. The predicted molar refractivity (Wildman–Crippen MR) is 85.2 cm³/mol. The lowest BCUT2D eigenvalue weighted by atomic mass is 9.99. The van der Waals surface area contributed by atoms with E-state index in [1.165, 1.54) is 12.3 Å². The van der Waals surface area contributed by atoms with Gasteiger partial charge in [0.25, 0.3) is 0 Å². The van der Waals surface area contributed by atoms with Crippen LogP contribution in [-0.2, 0) is 10.0 Å². The van der Waals surface area contributed by atoms with Crippen molar-refractivity contribution in [2.75, 3.05) is 32.1 Å². The van der Waals surface area contributed by atoms with Crippen molar-refractivity contribution in [3.05, 3.63) is 16.7 Å². The van der Waals surface area contributed by atoms with Crippen LogP contribution in [0.2, 0.25) is 0 Å². The first-order valence-electron chi connectivity index (χ1n) is 6.73. The predicted octanol–water partition coefficient (Wildman–Crippen LogP) is 0.750. The zero-order chi connectivity index (χ0) is 15.5. The molecule has 2 rings (SSSR count). The highest BCUT2D eigenvalue weighted by Gasteiger charge is 2.23. The molecular formula is C12H20BrN5O2S. The molecule has 0 spiro atoms. The number of nitrogens with one attached hydrogen (secondary N) is 2. The van der Waals surface area contributed by atoms with Crippen LogP contribution >= 0.6 is 15.9 Å². The van der Waals surface area contributed by atoms with Crippen LogP contribution in [0.15, 0.2) is 21.6 Å². The molecule has 2 heterocycles. The molecule has 1 saturated heterocycles. The average molecular weight is 378 g/mol. The largest absolute Gasteiger partial charge is 0.307 e. The van der Waals surface area contributed by atoms with Gasteiger partial charge in [-0.15, -0.1) is 0 Å². The lowest BCUT2D eigenvalue weighted by Gasteiger charge is -2.29. The first kappa shape index (κ1) is 16.6. The molecule has 0 bridgehead atoms. The normalized spacial score (nSPS) is 20.4. The number of hydrazine groups is 1. The monoisotopic (exact) mass is 377 g/mol. The number of nitrogen functional groups attached to an aromatic ring is 1. The first-order valence-corrected chi connectivity index (χ1v) is 9.00. The maximum atomic E-state index is 12.4. The number of nitrogens with zero attached hydrogens (tertiary/aromatic N) is 2. The number of sulfonamides is 1. The van der Waals surface area contributed by atoms with Crippen molar-refractivity contribution >= 4 is 31.8 Å². The van der Waals surface area contributed by atoms with E-state index >= 15 is 0 Å². The van der Waals surface area contributed by atoms with E-state index in [0.717, 1.165) is 25.9 Å². The fourth-order valence-electron chi connectivity index (χ4n) is 2.48. The molecule has 1 aromatic heterocycles. The Morgan fingerprint density at radius 3 is 3.00 bits per heavy atom. The molecule has 0 aromatic carbocycles. The maximum absolute atomic E-state index is 12.4. The Bertz CT molecular complexity index is 595. The van der Waals surface area contributed by atoms with Crippen molar-refractivity contribution < 1.29 is 8.42 Å². The van der Waals surface area contributed by atoms with Gasteiger partial charge in [-0.2, -0.15) is 0 Å². The standard InChI is InChI=1S/C12H20BrN5O2S/c1-18-4-2-3-9(8-18)6-16-21(19,20)11-5-10(13)7-15-12(11)17-14/h5,7,9,16H,2-4,6,8,14H2,1H3,(H,15,17). The van der Waals surface area contributed by atoms with Gasteiger partial charge in [0.15, 0.2) is 5.82 Å². The third-order valence-corrected chi connectivity index (χ3v) is 5.40. The van der Waals surface area contributed by atoms with E-state index in [1.807, 2.05) is 0 Å². The molecule has 4 N–H and O–H groups in total. The van der Waals surface area contributed by atoms with Crippen LogP contribution in [0.3, 0.4) is 0 Å². The average Bonchev–Trinajstić information content (AvgIpc) is 2.45. The summed E-state index contributed by atoms with van der Waals surface area (Å²) < 4.78 is 28.1. The van der Waals surface area contributed by atoms with Crippen molar-refractivity contribution in [2.45, 2.75) is 17.7 Å². The molecule has 1 aromatic rings. The van der Waals surface area contributed by atoms with Gasteiger partial charge in [0.1, 0.15) is 4.90 Å². The summed E-state index contributed by atoms with van der Waals surface area (Å²) in [6, 6.07) is 1.48. The van der Waals surface area contributed by atoms with E-state index in [4.69, 9.17) is 5.84 Å². The summed E-state index contributed by atoms with van der Waals surface area (Å²) in [5, 5.41) is 0. The Hall–Kier alpha value is -0.740. The van der Waals surface area contributed by atoms with E-state index in [9.17, 15) is 8.42 Å². The van der Waals surface area contributed by atoms with Gasteiger partial charge in [-0.05, 0) is 54.3 Å². The van der Waals surface area contributed by atoms with E-state index in [-0.39, 0.29) is 10.7 Å². The summed E-state index contributed by atoms with van der Waals surface area (Å²) in [6.45, 7) is 2.39. The van der Waals surface area contributed by atoms with Crippen LogP contribution in [0.5, 0.6) is 0 Å². The summed E-state index contributed by atoms with van der Waals surface area (Å²) in [5.41, 5.74) is 2.31. The number of anilines is 1. The fraction of sp³-hybridized carbons (Fsp3) is 0.583. The van der Waals surface area contributed by atoms with Gasteiger partial charge < -0.3 is 10.3 Å². The molecule has 21 heavy (non-hydrogen) atoms. The number of likely N-dealkylation sites (tertiary alicyclic amines) is 1. The minimum atomic E-state index is -3.65. The Balaban J connectivity index is 2.09. The molecule has 9 heteroatoms. The van der Waals surface area contributed by atoms with Gasteiger partial charge in [-0.3, -0.25) is 0 Å². The Labute approximate surface area is 133 Å². The van der Waals surface area contributed by atoms with Crippen molar-refractivity contribution in [1.29, 1.82) is 0 Å². The molecule has 0 aliphatic carbocycles. The van der Waals surface area contributed by atoms with Crippen molar-refractivity contribution in [3.63, 3.8) is 0 Å². The quantitative estimate of drug-likeness (QED) is 0.517.